The van der Waals surface area contributed by atoms with E-state index in [2.05, 4.69) is 15.3 Å². The molecule has 0 aliphatic rings. The van der Waals surface area contributed by atoms with Gasteiger partial charge in [-0.2, -0.15) is 0 Å². The number of halogens is 2. The second-order valence-corrected chi connectivity index (χ2v) is 7.84. The molecule has 4 rings (SSSR count). The third-order valence-electron chi connectivity index (χ3n) is 4.88. The van der Waals surface area contributed by atoms with Gasteiger partial charge in [-0.25, -0.2) is 4.98 Å². The van der Waals surface area contributed by atoms with E-state index in [9.17, 15) is 5.11 Å². The van der Waals surface area contributed by atoms with E-state index in [4.69, 9.17) is 23.2 Å². The highest BCUT2D eigenvalue weighted by atomic mass is 35.5. The van der Waals surface area contributed by atoms with E-state index in [0.29, 0.717) is 26.9 Å². The summed E-state index contributed by atoms with van der Waals surface area (Å²) in [6.07, 6.45) is 3.26. The first-order valence-electron chi connectivity index (χ1n) is 9.15. The molecule has 0 radical (unpaired) electrons. The zero-order valence-corrected chi connectivity index (χ0v) is 17.5. The van der Waals surface area contributed by atoms with Crippen LogP contribution >= 0.6 is 23.2 Å². The lowest BCUT2D eigenvalue weighted by Crippen LogP contribution is -2.15. The number of benzene rings is 2. The van der Waals surface area contributed by atoms with Crippen LogP contribution in [-0.4, -0.2) is 15.1 Å². The molecule has 4 nitrogen and oxygen atoms in total. The summed E-state index contributed by atoms with van der Waals surface area (Å²) in [5, 5.41) is 16.5. The van der Waals surface area contributed by atoms with Gasteiger partial charge < -0.3 is 10.4 Å². The Labute approximate surface area is 179 Å². The molecular formula is C23H19Cl2N3O. The van der Waals surface area contributed by atoms with Crippen molar-refractivity contribution in [1.29, 1.82) is 0 Å². The van der Waals surface area contributed by atoms with Crippen molar-refractivity contribution in [1.82, 2.24) is 9.97 Å². The Morgan fingerprint density at radius 1 is 0.966 bits per heavy atom. The number of phenols is 1. The molecule has 2 heterocycles. The summed E-state index contributed by atoms with van der Waals surface area (Å²) in [5.41, 5.74) is 4.01. The van der Waals surface area contributed by atoms with Gasteiger partial charge in [0, 0.05) is 28.4 Å². The van der Waals surface area contributed by atoms with Crippen LogP contribution in [0.2, 0.25) is 10.0 Å². The summed E-state index contributed by atoms with van der Waals surface area (Å²) >= 11 is 12.6. The van der Waals surface area contributed by atoms with E-state index in [0.717, 1.165) is 22.1 Å². The molecular weight excluding hydrogens is 405 g/mol. The molecule has 0 fully saturated rings. The maximum atomic E-state index is 11.0. The van der Waals surface area contributed by atoms with Crippen LogP contribution in [0.5, 0.6) is 5.75 Å². The fourth-order valence-electron chi connectivity index (χ4n) is 3.41. The first-order valence-corrected chi connectivity index (χ1v) is 9.91. The average molecular weight is 424 g/mol. The number of hydrogen-bond donors (Lipinski definition) is 2. The van der Waals surface area contributed by atoms with Crippen LogP contribution in [0, 0.1) is 13.8 Å². The zero-order valence-electron chi connectivity index (χ0n) is 15.9. The van der Waals surface area contributed by atoms with Crippen molar-refractivity contribution < 1.29 is 5.11 Å². The van der Waals surface area contributed by atoms with Gasteiger partial charge in [-0.1, -0.05) is 59.1 Å². The van der Waals surface area contributed by atoms with Crippen molar-refractivity contribution in [3.63, 3.8) is 0 Å². The van der Waals surface area contributed by atoms with E-state index in [1.165, 1.54) is 0 Å². The summed E-state index contributed by atoms with van der Waals surface area (Å²) in [7, 11) is 0. The minimum atomic E-state index is -0.429. The third kappa shape index (κ3) is 3.86. The third-order valence-corrected chi connectivity index (χ3v) is 5.43. The summed E-state index contributed by atoms with van der Waals surface area (Å²) in [6, 6.07) is 14.8. The molecule has 1 atom stereocenters. The highest BCUT2D eigenvalue weighted by Crippen LogP contribution is 2.39. The largest absolute Gasteiger partial charge is 0.505 e. The Hall–Kier alpha value is -2.82. The number of rotatable bonds is 4. The van der Waals surface area contributed by atoms with Gasteiger partial charge in [0.25, 0.3) is 0 Å². The first kappa shape index (κ1) is 19.5. The second-order valence-electron chi connectivity index (χ2n) is 7.00. The number of aromatic hydroxyl groups is 1. The lowest BCUT2D eigenvalue weighted by molar-refractivity contribution is 0.471. The monoisotopic (exact) mass is 423 g/mol. The molecule has 0 bridgehead atoms. The van der Waals surface area contributed by atoms with Gasteiger partial charge in [0.05, 0.1) is 11.1 Å². The van der Waals surface area contributed by atoms with Crippen LogP contribution < -0.4 is 5.32 Å². The van der Waals surface area contributed by atoms with E-state index < -0.39 is 6.04 Å². The van der Waals surface area contributed by atoms with Crippen LogP contribution in [0.15, 0.2) is 60.9 Å². The first-order chi connectivity index (χ1) is 13.9. The minimum absolute atomic E-state index is 0.116. The number of hydrogen-bond acceptors (Lipinski definition) is 4. The van der Waals surface area contributed by atoms with Crippen molar-refractivity contribution >= 4 is 39.9 Å². The lowest BCUT2D eigenvalue weighted by Gasteiger charge is -2.24. The predicted octanol–water partition coefficient (Wildman–Crippen LogP) is 6.46. The molecule has 0 saturated heterocycles. The van der Waals surface area contributed by atoms with Crippen LogP contribution in [0.4, 0.5) is 5.82 Å². The van der Waals surface area contributed by atoms with Gasteiger partial charge >= 0.3 is 0 Å². The molecule has 29 heavy (non-hydrogen) atoms. The molecule has 1 unspecified atom stereocenters. The number of anilines is 1. The standard InChI is InChI=1S/C23H19Cl2N3O/c1-13-5-8-19(25)18(10-13)21(28-23-14(2)11-16(24)12-27-23)17-7-6-15-4-3-9-26-20(15)22(17)29/h3-12,21,29H,1-2H3,(H,27,28). The number of pyridine rings is 2. The number of aryl methyl sites for hydroxylation is 2. The minimum Gasteiger partial charge on any atom is -0.505 e. The lowest BCUT2D eigenvalue weighted by atomic mass is 9.95. The average Bonchev–Trinajstić information content (AvgIpc) is 2.70. The fourth-order valence-corrected chi connectivity index (χ4v) is 3.85. The highest BCUT2D eigenvalue weighted by Gasteiger charge is 2.23. The molecule has 146 valence electrons. The molecule has 6 heteroatoms. The molecule has 0 saturated carbocycles. The van der Waals surface area contributed by atoms with Crippen molar-refractivity contribution in [3.8, 4) is 5.75 Å². The van der Waals surface area contributed by atoms with E-state index >= 15 is 0 Å². The summed E-state index contributed by atoms with van der Waals surface area (Å²) in [5.74, 6) is 0.780. The Kier molecular flexibility index (Phi) is 5.31. The smallest absolute Gasteiger partial charge is 0.147 e. The number of aromatic nitrogens is 2. The molecule has 0 spiro atoms. The maximum absolute atomic E-state index is 11.0. The Bertz CT molecular complexity index is 1210. The maximum Gasteiger partial charge on any atom is 0.147 e. The van der Waals surface area contributed by atoms with Crippen molar-refractivity contribution in [2.45, 2.75) is 19.9 Å². The molecule has 0 amide bonds. The predicted molar refractivity (Wildman–Crippen MR) is 119 cm³/mol. The van der Waals surface area contributed by atoms with E-state index in [-0.39, 0.29) is 5.75 Å². The Morgan fingerprint density at radius 3 is 2.59 bits per heavy atom. The number of nitrogens with zero attached hydrogens (tertiary/aromatic N) is 2. The van der Waals surface area contributed by atoms with Crippen LogP contribution in [0.3, 0.4) is 0 Å². The number of phenolic OH excluding ortho intramolecular Hbond substituents is 1. The Balaban J connectivity index is 1.91. The molecule has 2 N–H and O–H groups in total. The van der Waals surface area contributed by atoms with Gasteiger partial charge in [0.2, 0.25) is 0 Å². The van der Waals surface area contributed by atoms with Crippen molar-refractivity contribution in [3.05, 3.63) is 93.2 Å². The van der Waals surface area contributed by atoms with Crippen LogP contribution in [0.1, 0.15) is 28.3 Å². The Morgan fingerprint density at radius 2 is 1.79 bits per heavy atom. The quantitative estimate of drug-likeness (QED) is 0.395. The number of nitrogens with one attached hydrogen (secondary N) is 1. The van der Waals surface area contributed by atoms with E-state index in [1.54, 1.807) is 12.4 Å². The van der Waals surface area contributed by atoms with Gasteiger partial charge in [-0.3, -0.25) is 4.98 Å². The fraction of sp³-hybridized carbons (Fsp3) is 0.130. The van der Waals surface area contributed by atoms with Gasteiger partial charge in [-0.15, -0.1) is 0 Å². The van der Waals surface area contributed by atoms with Gasteiger partial charge in [0.15, 0.2) is 0 Å². The normalized spacial score (nSPS) is 12.1. The molecule has 2 aromatic heterocycles. The van der Waals surface area contributed by atoms with Crippen LogP contribution in [0.25, 0.3) is 10.9 Å². The second kappa shape index (κ2) is 7.90. The van der Waals surface area contributed by atoms with Gasteiger partial charge in [0.1, 0.15) is 17.1 Å². The van der Waals surface area contributed by atoms with Crippen molar-refractivity contribution in [2.24, 2.45) is 0 Å². The van der Waals surface area contributed by atoms with Gasteiger partial charge in [-0.05, 0) is 43.2 Å². The highest BCUT2D eigenvalue weighted by molar-refractivity contribution is 6.31. The molecule has 2 aromatic carbocycles. The summed E-state index contributed by atoms with van der Waals surface area (Å²) in [4.78, 5) is 8.78. The number of fused-ring (bicyclic) bond motifs is 1. The van der Waals surface area contributed by atoms with Crippen molar-refractivity contribution in [2.75, 3.05) is 5.32 Å². The summed E-state index contributed by atoms with van der Waals surface area (Å²) in [6.45, 7) is 3.93. The van der Waals surface area contributed by atoms with E-state index in [1.807, 2.05) is 62.4 Å². The zero-order chi connectivity index (χ0) is 20.5. The molecule has 0 aliphatic carbocycles. The SMILES string of the molecule is Cc1ccc(Cl)c(C(Nc2ncc(Cl)cc2C)c2ccc3cccnc3c2O)c1. The summed E-state index contributed by atoms with van der Waals surface area (Å²) < 4.78 is 0. The molecule has 0 aliphatic heterocycles. The van der Waals surface area contributed by atoms with Crippen LogP contribution in [-0.2, 0) is 0 Å². The topological polar surface area (TPSA) is 58.0 Å². The molecule has 4 aromatic rings.